The summed E-state index contributed by atoms with van der Waals surface area (Å²) < 4.78 is 0. The summed E-state index contributed by atoms with van der Waals surface area (Å²) in [4.78, 5) is 0. The van der Waals surface area contributed by atoms with Gasteiger partial charge in [-0.25, -0.2) is 0 Å². The number of piperidine rings is 2. The van der Waals surface area contributed by atoms with E-state index in [2.05, 4.69) is 10.6 Å². The summed E-state index contributed by atoms with van der Waals surface area (Å²) in [5.41, 5.74) is 0. The number of nitrogens with one attached hydrogen (secondary N) is 2. The van der Waals surface area contributed by atoms with Crippen LogP contribution in [0.2, 0.25) is 0 Å². The van der Waals surface area contributed by atoms with E-state index in [0.29, 0.717) is 0 Å². The summed E-state index contributed by atoms with van der Waals surface area (Å²) in [5, 5.41) is 7.48. The van der Waals surface area contributed by atoms with Gasteiger partial charge in [0.15, 0.2) is 0 Å². The quantitative estimate of drug-likeness (QED) is 0.711. The third kappa shape index (κ3) is 2.28. The minimum Gasteiger partial charge on any atom is -0.317 e. The van der Waals surface area contributed by atoms with E-state index in [1.54, 1.807) is 0 Å². The predicted octanol–water partition coefficient (Wildman–Crippen LogP) is 2.30. The van der Waals surface area contributed by atoms with Gasteiger partial charge in [0.1, 0.15) is 0 Å². The maximum atomic E-state index is 4.00. The summed E-state index contributed by atoms with van der Waals surface area (Å²) in [6.45, 7) is 2.49. The van der Waals surface area contributed by atoms with E-state index in [4.69, 9.17) is 0 Å². The van der Waals surface area contributed by atoms with Gasteiger partial charge in [-0.3, -0.25) is 0 Å². The zero-order valence-electron chi connectivity index (χ0n) is 10.4. The van der Waals surface area contributed by atoms with Crippen LogP contribution in [0.15, 0.2) is 0 Å². The molecule has 1 saturated carbocycles. The van der Waals surface area contributed by atoms with Crippen LogP contribution in [0.3, 0.4) is 0 Å². The molecule has 1 aliphatic carbocycles. The highest BCUT2D eigenvalue weighted by atomic mass is 15.0. The Labute approximate surface area is 99.6 Å². The highest BCUT2D eigenvalue weighted by molar-refractivity contribution is 4.92. The average molecular weight is 222 g/mol. The lowest BCUT2D eigenvalue weighted by molar-refractivity contribution is 0.134. The molecule has 2 aliphatic heterocycles. The van der Waals surface area contributed by atoms with Crippen molar-refractivity contribution in [1.29, 1.82) is 0 Å². The van der Waals surface area contributed by atoms with Crippen molar-refractivity contribution >= 4 is 0 Å². The molecule has 3 fully saturated rings. The van der Waals surface area contributed by atoms with Crippen LogP contribution < -0.4 is 10.6 Å². The highest BCUT2D eigenvalue weighted by Crippen LogP contribution is 2.35. The number of fused-ring (bicyclic) bond motifs is 1. The van der Waals surface area contributed by atoms with Crippen molar-refractivity contribution in [3.63, 3.8) is 0 Å². The first kappa shape index (κ1) is 11.0. The molecule has 0 spiro atoms. The van der Waals surface area contributed by atoms with Gasteiger partial charge in [0, 0.05) is 12.1 Å². The van der Waals surface area contributed by atoms with E-state index in [0.717, 1.165) is 23.9 Å². The second-order valence-corrected chi connectivity index (χ2v) is 6.09. The van der Waals surface area contributed by atoms with Crippen LogP contribution in [0, 0.1) is 11.8 Å². The summed E-state index contributed by atoms with van der Waals surface area (Å²) in [6.07, 6.45) is 11.7. The SMILES string of the molecule is C1CCC2NC(C3CCNCC3)CCC2C1. The molecule has 0 amide bonds. The first-order valence-corrected chi connectivity index (χ1v) is 7.40. The molecule has 2 heterocycles. The second-order valence-electron chi connectivity index (χ2n) is 6.09. The number of hydrogen-bond donors (Lipinski definition) is 2. The van der Waals surface area contributed by atoms with Crippen molar-refractivity contribution in [2.24, 2.45) is 11.8 Å². The molecule has 2 nitrogen and oxygen atoms in total. The lowest BCUT2D eigenvalue weighted by Gasteiger charge is -2.44. The fourth-order valence-electron chi connectivity index (χ4n) is 4.14. The lowest BCUT2D eigenvalue weighted by atomic mass is 9.74. The van der Waals surface area contributed by atoms with E-state index in [-0.39, 0.29) is 0 Å². The molecule has 0 aromatic rings. The van der Waals surface area contributed by atoms with E-state index in [9.17, 15) is 0 Å². The molecule has 3 unspecified atom stereocenters. The van der Waals surface area contributed by atoms with Gasteiger partial charge in [-0.15, -0.1) is 0 Å². The summed E-state index contributed by atoms with van der Waals surface area (Å²) in [7, 11) is 0. The maximum absolute atomic E-state index is 4.00. The molecule has 3 atom stereocenters. The minimum absolute atomic E-state index is 0.849. The van der Waals surface area contributed by atoms with Gasteiger partial charge in [-0.2, -0.15) is 0 Å². The third-order valence-corrected chi connectivity index (χ3v) is 5.14. The minimum atomic E-state index is 0.849. The smallest absolute Gasteiger partial charge is 0.00990 e. The Kier molecular flexibility index (Phi) is 3.49. The summed E-state index contributed by atoms with van der Waals surface area (Å²) >= 11 is 0. The Bertz CT molecular complexity index is 220. The van der Waals surface area contributed by atoms with E-state index >= 15 is 0 Å². The largest absolute Gasteiger partial charge is 0.317 e. The summed E-state index contributed by atoms with van der Waals surface area (Å²) in [5.74, 6) is 1.98. The summed E-state index contributed by atoms with van der Waals surface area (Å²) in [6, 6.07) is 1.73. The van der Waals surface area contributed by atoms with E-state index < -0.39 is 0 Å². The van der Waals surface area contributed by atoms with Gasteiger partial charge < -0.3 is 10.6 Å². The Morgan fingerprint density at radius 1 is 0.625 bits per heavy atom. The normalized spacial score (nSPS) is 41.6. The molecule has 0 radical (unpaired) electrons. The molecular weight excluding hydrogens is 196 g/mol. The van der Waals surface area contributed by atoms with Crippen LogP contribution in [-0.2, 0) is 0 Å². The van der Waals surface area contributed by atoms with Gasteiger partial charge in [-0.1, -0.05) is 12.8 Å². The van der Waals surface area contributed by atoms with Crippen LogP contribution in [0.1, 0.15) is 51.4 Å². The first-order chi connectivity index (χ1) is 7.93. The van der Waals surface area contributed by atoms with Gasteiger partial charge in [0.05, 0.1) is 0 Å². The topological polar surface area (TPSA) is 24.1 Å². The van der Waals surface area contributed by atoms with Crippen LogP contribution in [0.4, 0.5) is 0 Å². The van der Waals surface area contributed by atoms with Crippen molar-refractivity contribution in [2.45, 2.75) is 63.5 Å². The van der Waals surface area contributed by atoms with Crippen molar-refractivity contribution in [1.82, 2.24) is 10.6 Å². The monoisotopic (exact) mass is 222 g/mol. The van der Waals surface area contributed by atoms with Crippen LogP contribution in [0.5, 0.6) is 0 Å². The van der Waals surface area contributed by atoms with Gasteiger partial charge in [0.2, 0.25) is 0 Å². The molecule has 92 valence electrons. The Morgan fingerprint density at radius 3 is 2.19 bits per heavy atom. The first-order valence-electron chi connectivity index (χ1n) is 7.40. The van der Waals surface area contributed by atoms with Gasteiger partial charge >= 0.3 is 0 Å². The highest BCUT2D eigenvalue weighted by Gasteiger charge is 2.34. The van der Waals surface area contributed by atoms with Crippen molar-refractivity contribution in [3.05, 3.63) is 0 Å². The Hall–Kier alpha value is -0.0800. The molecular formula is C14H26N2. The number of hydrogen-bond acceptors (Lipinski definition) is 2. The lowest BCUT2D eigenvalue weighted by Crippen LogP contribution is -2.53. The zero-order valence-corrected chi connectivity index (χ0v) is 10.4. The van der Waals surface area contributed by atoms with E-state index in [1.807, 2.05) is 0 Å². The average Bonchev–Trinajstić information content (AvgIpc) is 2.39. The van der Waals surface area contributed by atoms with Crippen LogP contribution in [0.25, 0.3) is 0 Å². The standard InChI is InChI=1S/C14H26N2/c1-2-4-13-11(3-1)5-6-14(16-13)12-7-9-15-10-8-12/h11-16H,1-10H2. The number of rotatable bonds is 1. The van der Waals surface area contributed by atoms with Gasteiger partial charge in [0.25, 0.3) is 0 Å². The molecule has 16 heavy (non-hydrogen) atoms. The molecule has 0 bridgehead atoms. The Balaban J connectivity index is 1.57. The molecule has 0 aromatic carbocycles. The predicted molar refractivity (Wildman–Crippen MR) is 67.5 cm³/mol. The van der Waals surface area contributed by atoms with Crippen molar-refractivity contribution in [2.75, 3.05) is 13.1 Å². The van der Waals surface area contributed by atoms with Gasteiger partial charge in [-0.05, 0) is 63.5 Å². The molecule has 2 N–H and O–H groups in total. The maximum Gasteiger partial charge on any atom is 0.00990 e. The Morgan fingerprint density at radius 2 is 1.31 bits per heavy atom. The molecule has 0 aromatic heterocycles. The second kappa shape index (κ2) is 5.05. The molecule has 3 aliphatic rings. The zero-order chi connectivity index (χ0) is 10.8. The van der Waals surface area contributed by atoms with Crippen LogP contribution in [-0.4, -0.2) is 25.2 Å². The van der Waals surface area contributed by atoms with Crippen molar-refractivity contribution < 1.29 is 0 Å². The molecule has 2 saturated heterocycles. The third-order valence-electron chi connectivity index (χ3n) is 5.14. The fourth-order valence-corrected chi connectivity index (χ4v) is 4.14. The van der Waals surface area contributed by atoms with Crippen LogP contribution >= 0.6 is 0 Å². The van der Waals surface area contributed by atoms with Crippen molar-refractivity contribution in [3.8, 4) is 0 Å². The van der Waals surface area contributed by atoms with E-state index in [1.165, 1.54) is 64.5 Å². The molecule has 3 rings (SSSR count). The fraction of sp³-hybridized carbons (Fsp3) is 1.00. The molecule has 2 heteroatoms.